The number of halogens is 1. The molecule has 3 heteroatoms. The molecular weight excluding hydrogens is 320 g/mol. The van der Waals surface area contributed by atoms with Crippen molar-refractivity contribution in [2.75, 3.05) is 0 Å². The molecule has 1 fully saturated rings. The summed E-state index contributed by atoms with van der Waals surface area (Å²) in [6, 6.07) is 13.7. The second kappa shape index (κ2) is 5.78. The Balaban J connectivity index is 1.85. The summed E-state index contributed by atoms with van der Waals surface area (Å²) in [7, 11) is 0. The second-order valence-corrected chi connectivity index (χ2v) is 7.31. The van der Waals surface area contributed by atoms with Crippen LogP contribution in [0.25, 0.3) is 16.7 Å². The van der Waals surface area contributed by atoms with Crippen molar-refractivity contribution in [1.29, 1.82) is 0 Å². The molecule has 2 nitrogen and oxygen atoms in total. The number of allylic oxidation sites excluding steroid dienone is 2. The van der Waals surface area contributed by atoms with Crippen LogP contribution in [0.2, 0.25) is 5.02 Å². The van der Waals surface area contributed by atoms with E-state index in [1.165, 1.54) is 0 Å². The van der Waals surface area contributed by atoms with Crippen LogP contribution in [0.3, 0.4) is 0 Å². The molecule has 2 atom stereocenters. The highest BCUT2D eigenvalue weighted by Gasteiger charge is 2.41. The van der Waals surface area contributed by atoms with Crippen molar-refractivity contribution < 1.29 is 9.90 Å². The van der Waals surface area contributed by atoms with Crippen LogP contribution in [0.15, 0.2) is 48.2 Å². The third-order valence-electron chi connectivity index (χ3n) is 5.36. The zero-order chi connectivity index (χ0) is 16.8. The van der Waals surface area contributed by atoms with Crippen LogP contribution in [0.5, 0.6) is 0 Å². The number of benzene rings is 2. The van der Waals surface area contributed by atoms with Crippen molar-refractivity contribution in [2.45, 2.75) is 26.2 Å². The van der Waals surface area contributed by atoms with Gasteiger partial charge in [0.25, 0.3) is 0 Å². The van der Waals surface area contributed by atoms with Gasteiger partial charge in [-0.1, -0.05) is 35.9 Å². The van der Waals surface area contributed by atoms with E-state index in [9.17, 15) is 9.90 Å². The fraction of sp³-hybridized carbons (Fsp3) is 0.286. The standard InChI is InChI=1S/C21H19ClO2/c1-12-5-6-14(13-3-2-4-17(22)10-13)11-18(12)19-20(23)15-7-8-16(9-15)21(19)24/h2-6,10-11,15-16,23H,7-9H2,1H3/t15-,16+/m0/s1. The Morgan fingerprint density at radius 3 is 2.58 bits per heavy atom. The molecule has 122 valence electrons. The first-order valence-electron chi connectivity index (χ1n) is 8.39. The molecule has 2 aromatic rings. The van der Waals surface area contributed by atoms with Gasteiger partial charge in [0.2, 0.25) is 0 Å². The van der Waals surface area contributed by atoms with Crippen LogP contribution in [-0.4, -0.2) is 10.9 Å². The predicted octanol–water partition coefficient (Wildman–Crippen LogP) is 5.58. The number of carbonyl (C=O) groups is 1. The highest BCUT2D eigenvalue weighted by Crippen LogP contribution is 2.46. The number of fused-ring (bicyclic) bond motifs is 2. The van der Waals surface area contributed by atoms with Crippen molar-refractivity contribution >= 4 is 23.0 Å². The van der Waals surface area contributed by atoms with Crippen molar-refractivity contribution in [3.05, 3.63) is 64.4 Å². The molecule has 2 aromatic carbocycles. The normalized spacial score (nSPS) is 23.0. The molecule has 2 aliphatic rings. The molecule has 0 radical (unpaired) electrons. The van der Waals surface area contributed by atoms with Crippen molar-refractivity contribution in [1.82, 2.24) is 0 Å². The predicted molar refractivity (Wildman–Crippen MR) is 97.0 cm³/mol. The van der Waals surface area contributed by atoms with Gasteiger partial charge in [-0.15, -0.1) is 0 Å². The molecule has 1 saturated carbocycles. The Bertz CT molecular complexity index is 866. The average Bonchev–Trinajstić information content (AvgIpc) is 3.02. The number of hydrogen-bond acceptors (Lipinski definition) is 2. The summed E-state index contributed by atoms with van der Waals surface area (Å²) in [5, 5.41) is 11.3. The molecule has 0 amide bonds. The molecule has 2 aliphatic carbocycles. The van der Waals surface area contributed by atoms with Gasteiger partial charge in [0.05, 0.1) is 5.57 Å². The van der Waals surface area contributed by atoms with Crippen molar-refractivity contribution in [3.8, 4) is 11.1 Å². The molecule has 0 spiro atoms. The van der Waals surface area contributed by atoms with Gasteiger partial charge in [-0.3, -0.25) is 4.79 Å². The van der Waals surface area contributed by atoms with E-state index >= 15 is 0 Å². The molecule has 0 saturated heterocycles. The summed E-state index contributed by atoms with van der Waals surface area (Å²) in [4.78, 5) is 12.8. The van der Waals surface area contributed by atoms with Crippen LogP contribution >= 0.6 is 11.6 Å². The summed E-state index contributed by atoms with van der Waals surface area (Å²) in [5.74, 6) is 0.625. The third-order valence-corrected chi connectivity index (χ3v) is 5.59. The zero-order valence-electron chi connectivity index (χ0n) is 13.6. The minimum absolute atomic E-state index is 0.0788. The van der Waals surface area contributed by atoms with E-state index in [1.54, 1.807) is 0 Å². The first kappa shape index (κ1) is 15.5. The van der Waals surface area contributed by atoms with Gasteiger partial charge in [0, 0.05) is 16.9 Å². The Labute approximate surface area is 146 Å². The molecule has 2 bridgehead atoms. The Hall–Kier alpha value is -2.06. The molecule has 1 N–H and O–H groups in total. The molecule has 0 heterocycles. The first-order chi connectivity index (χ1) is 11.5. The van der Waals surface area contributed by atoms with E-state index in [0.717, 1.165) is 41.5 Å². The van der Waals surface area contributed by atoms with Gasteiger partial charge in [0.1, 0.15) is 5.76 Å². The quantitative estimate of drug-likeness (QED) is 0.775. The summed E-state index contributed by atoms with van der Waals surface area (Å²) in [5.41, 5.74) is 4.41. The lowest BCUT2D eigenvalue weighted by molar-refractivity contribution is -0.117. The molecular formula is C21H19ClO2. The van der Waals surface area contributed by atoms with E-state index < -0.39 is 0 Å². The number of hydrogen-bond donors (Lipinski definition) is 1. The number of Topliss-reactive ketones (excluding diaryl/α,β-unsaturated/α-hetero) is 1. The molecule has 0 unspecified atom stereocenters. The lowest BCUT2D eigenvalue weighted by Crippen LogP contribution is -2.21. The van der Waals surface area contributed by atoms with E-state index in [2.05, 4.69) is 0 Å². The van der Waals surface area contributed by atoms with Crippen LogP contribution < -0.4 is 0 Å². The number of aliphatic hydroxyl groups excluding tert-OH is 1. The van der Waals surface area contributed by atoms with E-state index in [-0.39, 0.29) is 17.6 Å². The second-order valence-electron chi connectivity index (χ2n) is 6.87. The SMILES string of the molecule is Cc1ccc(-c2cccc(Cl)c2)cc1C1=C(O)[C@H]2CC[C@H](C2)C1=O. The Kier molecular flexibility index (Phi) is 3.73. The number of aryl methyl sites for hydroxylation is 1. The van der Waals surface area contributed by atoms with Crippen molar-refractivity contribution in [3.63, 3.8) is 0 Å². The van der Waals surface area contributed by atoms with Gasteiger partial charge in [0.15, 0.2) is 5.78 Å². The van der Waals surface area contributed by atoms with Gasteiger partial charge < -0.3 is 5.11 Å². The molecule has 0 aromatic heterocycles. The largest absolute Gasteiger partial charge is 0.511 e. The minimum Gasteiger partial charge on any atom is -0.511 e. The number of aliphatic hydroxyl groups is 1. The Morgan fingerprint density at radius 1 is 1.04 bits per heavy atom. The maximum atomic E-state index is 12.8. The zero-order valence-corrected chi connectivity index (χ0v) is 14.3. The topological polar surface area (TPSA) is 37.3 Å². The smallest absolute Gasteiger partial charge is 0.169 e. The third kappa shape index (κ3) is 2.46. The van der Waals surface area contributed by atoms with Crippen LogP contribution in [-0.2, 0) is 4.79 Å². The van der Waals surface area contributed by atoms with Crippen LogP contribution in [0.4, 0.5) is 0 Å². The first-order valence-corrected chi connectivity index (χ1v) is 8.76. The van der Waals surface area contributed by atoms with E-state index in [4.69, 9.17) is 11.6 Å². The highest BCUT2D eigenvalue weighted by atomic mass is 35.5. The van der Waals surface area contributed by atoms with E-state index in [1.807, 2.05) is 49.4 Å². The fourth-order valence-corrected chi connectivity index (χ4v) is 4.20. The van der Waals surface area contributed by atoms with Crippen molar-refractivity contribution in [2.24, 2.45) is 11.8 Å². The van der Waals surface area contributed by atoms with Gasteiger partial charge in [-0.2, -0.15) is 0 Å². The summed E-state index contributed by atoms with van der Waals surface area (Å²) >= 11 is 6.10. The maximum Gasteiger partial charge on any atom is 0.169 e. The number of rotatable bonds is 2. The molecule has 0 aliphatic heterocycles. The highest BCUT2D eigenvalue weighted by molar-refractivity contribution is 6.30. The average molecular weight is 339 g/mol. The summed E-state index contributed by atoms with van der Waals surface area (Å²) in [6.07, 6.45) is 2.62. The van der Waals surface area contributed by atoms with Gasteiger partial charge in [-0.05, 0) is 66.6 Å². The lowest BCUT2D eigenvalue weighted by Gasteiger charge is -2.23. The maximum absolute atomic E-state index is 12.8. The van der Waals surface area contributed by atoms with Crippen LogP contribution in [0.1, 0.15) is 30.4 Å². The molecule has 24 heavy (non-hydrogen) atoms. The van der Waals surface area contributed by atoms with Gasteiger partial charge >= 0.3 is 0 Å². The summed E-state index contributed by atoms with van der Waals surface area (Å²) < 4.78 is 0. The Morgan fingerprint density at radius 2 is 1.79 bits per heavy atom. The number of carbonyl (C=O) groups excluding carboxylic acids is 1. The van der Waals surface area contributed by atoms with E-state index in [0.29, 0.717) is 16.4 Å². The monoisotopic (exact) mass is 338 g/mol. The van der Waals surface area contributed by atoms with Gasteiger partial charge in [-0.25, -0.2) is 0 Å². The van der Waals surface area contributed by atoms with Crippen LogP contribution in [0, 0.1) is 18.8 Å². The lowest BCUT2D eigenvalue weighted by atomic mass is 9.81. The molecule has 4 rings (SSSR count). The fourth-order valence-electron chi connectivity index (χ4n) is 4.01. The number of ketones is 1. The summed E-state index contributed by atoms with van der Waals surface area (Å²) in [6.45, 7) is 1.99. The minimum atomic E-state index is 0.0788.